The first-order valence-corrected chi connectivity index (χ1v) is 20.6. The summed E-state index contributed by atoms with van der Waals surface area (Å²) in [6.07, 6.45) is 9.16. The summed E-state index contributed by atoms with van der Waals surface area (Å²) in [6, 6.07) is 22.1. The average Bonchev–Trinajstić information content (AvgIpc) is 2.78. The van der Waals surface area contributed by atoms with E-state index in [9.17, 15) is 0 Å². The van der Waals surface area contributed by atoms with Crippen molar-refractivity contribution in [3.63, 3.8) is 0 Å². The van der Waals surface area contributed by atoms with Crippen molar-refractivity contribution in [2.45, 2.75) is 72.6 Å². The van der Waals surface area contributed by atoms with Gasteiger partial charge in [0.25, 0.3) is 0 Å². The number of benzene rings is 2. The number of rotatable bonds is 12. The van der Waals surface area contributed by atoms with E-state index in [1.807, 2.05) is 0 Å². The third kappa shape index (κ3) is 8.47. The maximum absolute atomic E-state index is 4.08. The summed E-state index contributed by atoms with van der Waals surface area (Å²) >= 11 is -2.35. The molecule has 0 heterocycles. The van der Waals surface area contributed by atoms with Crippen molar-refractivity contribution in [2.75, 3.05) is 6.16 Å². The fraction of sp³-hybridized carbons (Fsp3) is 0.481. The Bertz CT molecular complexity index is 668. The Kier molecular flexibility index (Phi) is 12.1. The fourth-order valence-corrected chi connectivity index (χ4v) is 19.7. The summed E-state index contributed by atoms with van der Waals surface area (Å²) in [4.78, 5) is 0. The van der Waals surface area contributed by atoms with Crippen LogP contribution in [0.3, 0.4) is 0 Å². The molecule has 0 aliphatic carbocycles. The summed E-state index contributed by atoms with van der Waals surface area (Å²) < 4.78 is 8.52. The Morgan fingerprint density at radius 2 is 1.07 bits per heavy atom. The molecule has 2 rings (SSSR count). The van der Waals surface area contributed by atoms with Crippen molar-refractivity contribution in [1.82, 2.24) is 0 Å². The zero-order valence-corrected chi connectivity index (χ0v) is 22.5. The van der Waals surface area contributed by atoms with Crippen LogP contribution in [0.25, 0.3) is 0 Å². The second kappa shape index (κ2) is 14.3. The SMILES string of the molecule is CCC[CH2][Sn]([C]#CCP(c1ccccc1)c1ccccc1)([CH2]CCC)[CH2]CCC. The molecule has 2 heteroatoms. The molecule has 2 aromatic carbocycles. The molecule has 2 aromatic rings. The van der Waals surface area contributed by atoms with E-state index in [2.05, 4.69) is 91.3 Å². The van der Waals surface area contributed by atoms with E-state index in [0.717, 1.165) is 6.16 Å². The van der Waals surface area contributed by atoms with Gasteiger partial charge in [0, 0.05) is 0 Å². The van der Waals surface area contributed by atoms with Crippen LogP contribution in [0.5, 0.6) is 0 Å². The van der Waals surface area contributed by atoms with Crippen molar-refractivity contribution in [3.8, 4) is 9.86 Å². The average molecular weight is 513 g/mol. The molecular formula is C27H39PSn. The first-order valence-electron chi connectivity index (χ1n) is 11.6. The van der Waals surface area contributed by atoms with Crippen LogP contribution in [0.15, 0.2) is 60.7 Å². The minimum atomic E-state index is -2.35. The molecule has 29 heavy (non-hydrogen) atoms. The second-order valence-corrected chi connectivity index (χ2v) is 22.7. The van der Waals surface area contributed by atoms with E-state index < -0.39 is 18.4 Å². The van der Waals surface area contributed by atoms with Crippen molar-refractivity contribution < 1.29 is 0 Å². The molecule has 0 nitrogen and oxygen atoms in total. The molecule has 0 aliphatic rings. The van der Waals surface area contributed by atoms with Crippen LogP contribution in [-0.2, 0) is 0 Å². The number of hydrogen-bond acceptors (Lipinski definition) is 0. The van der Waals surface area contributed by atoms with Gasteiger partial charge in [-0.25, -0.2) is 0 Å². The Labute approximate surface area is 185 Å². The van der Waals surface area contributed by atoms with Gasteiger partial charge >= 0.3 is 186 Å². The van der Waals surface area contributed by atoms with Gasteiger partial charge in [-0.1, -0.05) is 0 Å². The molecule has 0 atom stereocenters. The minimum absolute atomic E-state index is 0.383. The van der Waals surface area contributed by atoms with Crippen LogP contribution in [0, 0.1) is 9.86 Å². The van der Waals surface area contributed by atoms with Crippen molar-refractivity contribution in [2.24, 2.45) is 0 Å². The van der Waals surface area contributed by atoms with Crippen LogP contribution in [0.4, 0.5) is 0 Å². The quantitative estimate of drug-likeness (QED) is 0.157. The Morgan fingerprint density at radius 1 is 0.655 bits per heavy atom. The maximum atomic E-state index is 4.08. The summed E-state index contributed by atoms with van der Waals surface area (Å²) in [6.45, 7) is 7.02. The van der Waals surface area contributed by atoms with Crippen LogP contribution >= 0.6 is 7.92 Å². The summed E-state index contributed by atoms with van der Waals surface area (Å²) in [5.74, 6) is 3.82. The molecule has 0 fully saturated rings. The van der Waals surface area contributed by atoms with Crippen molar-refractivity contribution in [1.29, 1.82) is 0 Å². The summed E-state index contributed by atoms with van der Waals surface area (Å²) in [5.41, 5.74) is 0. The molecule has 0 N–H and O–H groups in total. The van der Waals surface area contributed by atoms with E-state index >= 15 is 0 Å². The molecule has 0 saturated carbocycles. The number of hydrogen-bond donors (Lipinski definition) is 0. The molecule has 156 valence electrons. The van der Waals surface area contributed by atoms with Gasteiger partial charge in [-0.3, -0.25) is 0 Å². The summed E-state index contributed by atoms with van der Waals surface area (Å²) in [5, 5.41) is 2.92. The van der Waals surface area contributed by atoms with Gasteiger partial charge in [-0.15, -0.1) is 0 Å². The molecule has 0 radical (unpaired) electrons. The van der Waals surface area contributed by atoms with Crippen LogP contribution < -0.4 is 10.6 Å². The molecule has 0 aromatic heterocycles. The second-order valence-electron chi connectivity index (χ2n) is 8.15. The topological polar surface area (TPSA) is 0 Å². The molecule has 0 spiro atoms. The molecule has 0 amide bonds. The monoisotopic (exact) mass is 514 g/mol. The van der Waals surface area contributed by atoms with Gasteiger partial charge < -0.3 is 0 Å². The van der Waals surface area contributed by atoms with Gasteiger partial charge in [0.1, 0.15) is 0 Å². The fourth-order valence-electron chi connectivity index (χ4n) is 3.96. The van der Waals surface area contributed by atoms with Gasteiger partial charge in [0.05, 0.1) is 0 Å². The zero-order chi connectivity index (χ0) is 20.8. The number of unbranched alkanes of at least 4 members (excludes halogenated alkanes) is 3. The van der Waals surface area contributed by atoms with E-state index in [-0.39, 0.29) is 7.92 Å². The van der Waals surface area contributed by atoms with Crippen LogP contribution in [-0.4, -0.2) is 24.5 Å². The van der Waals surface area contributed by atoms with Gasteiger partial charge in [0.2, 0.25) is 0 Å². The van der Waals surface area contributed by atoms with E-state index in [4.69, 9.17) is 0 Å². The molecule has 0 saturated heterocycles. The third-order valence-corrected chi connectivity index (χ3v) is 21.3. The third-order valence-electron chi connectivity index (χ3n) is 5.75. The molecule has 0 unspecified atom stereocenters. The Morgan fingerprint density at radius 3 is 1.45 bits per heavy atom. The Balaban J connectivity index is 2.27. The zero-order valence-electron chi connectivity index (χ0n) is 18.8. The van der Waals surface area contributed by atoms with Crippen molar-refractivity contribution >= 4 is 36.9 Å². The standard InChI is InChI=1S/C15H12P.3C4H9.Sn/c1-2-13-16(14-9-5-3-6-10-14)15-11-7-4-8-12-15;3*1-3-4-2;/h3-12H,13H2;3*1,3-4H2,2H3;. The van der Waals surface area contributed by atoms with Gasteiger partial charge in [-0.05, 0) is 0 Å². The van der Waals surface area contributed by atoms with Gasteiger partial charge in [0.15, 0.2) is 0 Å². The molecular weight excluding hydrogens is 474 g/mol. The molecule has 0 bridgehead atoms. The van der Waals surface area contributed by atoms with Crippen LogP contribution in [0.1, 0.15) is 59.3 Å². The normalized spacial score (nSPS) is 11.3. The Hall–Kier alpha value is -0.771. The first kappa shape index (κ1) is 24.5. The first-order chi connectivity index (χ1) is 14.2. The summed E-state index contributed by atoms with van der Waals surface area (Å²) in [7, 11) is -0.383. The van der Waals surface area contributed by atoms with E-state index in [1.54, 1.807) is 0 Å². The van der Waals surface area contributed by atoms with Crippen LogP contribution in [0.2, 0.25) is 13.3 Å². The van der Waals surface area contributed by atoms with Gasteiger partial charge in [-0.2, -0.15) is 0 Å². The molecule has 0 aliphatic heterocycles. The van der Waals surface area contributed by atoms with E-state index in [0.29, 0.717) is 0 Å². The predicted octanol–water partition coefficient (Wildman–Crippen LogP) is 7.51. The van der Waals surface area contributed by atoms with Crippen molar-refractivity contribution in [3.05, 3.63) is 60.7 Å². The predicted molar refractivity (Wildman–Crippen MR) is 137 cm³/mol. The van der Waals surface area contributed by atoms with E-state index in [1.165, 1.54) is 62.4 Å².